The summed E-state index contributed by atoms with van der Waals surface area (Å²) in [5, 5.41) is 13.9. The highest BCUT2D eigenvalue weighted by Crippen LogP contribution is 2.39. The van der Waals surface area contributed by atoms with Crippen LogP contribution in [0.1, 0.15) is 22.9 Å². The average Bonchev–Trinajstić information content (AvgIpc) is 3.10. The Hall–Kier alpha value is -3.10. The van der Waals surface area contributed by atoms with Crippen molar-refractivity contribution in [3.05, 3.63) is 71.4 Å². The van der Waals surface area contributed by atoms with Gasteiger partial charge < -0.3 is 10.2 Å². The second kappa shape index (κ2) is 6.32. The third-order valence-corrected chi connectivity index (χ3v) is 6.04. The molecule has 1 amide bonds. The Morgan fingerprint density at radius 1 is 1.23 bits per heavy atom. The molecule has 1 fully saturated rings. The van der Waals surface area contributed by atoms with Crippen LogP contribution in [0.2, 0.25) is 0 Å². The van der Waals surface area contributed by atoms with Gasteiger partial charge in [-0.25, -0.2) is 0 Å². The van der Waals surface area contributed by atoms with Crippen molar-refractivity contribution in [2.75, 3.05) is 7.05 Å². The molecule has 5 heteroatoms. The summed E-state index contributed by atoms with van der Waals surface area (Å²) in [4.78, 5) is 14.8. The smallest absolute Gasteiger partial charge is 0.230 e. The highest BCUT2D eigenvalue weighted by molar-refractivity contribution is 7.19. The molecule has 2 heterocycles. The molecular formula is C21H17N3OS. The van der Waals surface area contributed by atoms with Crippen molar-refractivity contribution in [3.8, 4) is 17.2 Å². The number of fused-ring (bicyclic) bond motifs is 1. The number of carbonyl (C=O) groups excluding carboxylic acids is 1. The summed E-state index contributed by atoms with van der Waals surface area (Å²) >= 11 is 1.67. The minimum absolute atomic E-state index is 0.0613. The lowest BCUT2D eigenvalue weighted by atomic mass is 9.99. The molecule has 26 heavy (non-hydrogen) atoms. The van der Waals surface area contributed by atoms with Gasteiger partial charge in [-0.05, 0) is 17.5 Å². The molecule has 0 aliphatic carbocycles. The van der Waals surface area contributed by atoms with E-state index in [1.807, 2.05) is 36.4 Å². The van der Waals surface area contributed by atoms with E-state index in [2.05, 4.69) is 30.1 Å². The molecule has 0 spiro atoms. The Morgan fingerprint density at radius 2 is 2.00 bits per heavy atom. The van der Waals surface area contributed by atoms with Gasteiger partial charge in [-0.2, -0.15) is 5.26 Å². The molecule has 1 aromatic heterocycles. The SMILES string of the molecule is C=C1NC(c2cc3cccc(-c4ccccc4C#N)c3s2)CC(=O)N1C. The van der Waals surface area contributed by atoms with E-state index in [0.717, 1.165) is 26.1 Å². The van der Waals surface area contributed by atoms with Crippen molar-refractivity contribution in [1.29, 1.82) is 5.26 Å². The van der Waals surface area contributed by atoms with Crippen molar-refractivity contribution in [2.45, 2.75) is 12.5 Å². The Labute approximate surface area is 156 Å². The normalized spacial score (nSPS) is 17.2. The maximum atomic E-state index is 12.2. The fraction of sp³-hybridized carbons (Fsp3) is 0.143. The summed E-state index contributed by atoms with van der Waals surface area (Å²) in [5.41, 5.74) is 2.65. The zero-order valence-electron chi connectivity index (χ0n) is 14.3. The van der Waals surface area contributed by atoms with E-state index >= 15 is 0 Å². The molecule has 0 bridgehead atoms. The van der Waals surface area contributed by atoms with E-state index < -0.39 is 0 Å². The standard InChI is InChI=1S/C21H17N3OS/c1-13-23-18(11-20(25)24(13)2)19-10-14-7-5-9-17(21(14)26-19)16-8-4-3-6-15(16)12-22/h3-10,18,23H,1,11H2,2H3. The fourth-order valence-electron chi connectivity index (χ4n) is 3.27. The van der Waals surface area contributed by atoms with Gasteiger partial charge in [0.05, 0.1) is 24.1 Å². The number of benzene rings is 2. The minimum Gasteiger partial charge on any atom is -0.364 e. The molecule has 4 nitrogen and oxygen atoms in total. The third-order valence-electron chi connectivity index (χ3n) is 4.74. The summed E-state index contributed by atoms with van der Waals surface area (Å²) in [7, 11) is 1.73. The van der Waals surface area contributed by atoms with E-state index in [1.54, 1.807) is 23.3 Å². The first-order valence-electron chi connectivity index (χ1n) is 8.32. The lowest BCUT2D eigenvalue weighted by molar-refractivity contribution is -0.130. The van der Waals surface area contributed by atoms with Crippen LogP contribution in [-0.4, -0.2) is 17.9 Å². The molecule has 3 aromatic rings. The first-order chi connectivity index (χ1) is 12.6. The van der Waals surface area contributed by atoms with Crippen LogP contribution in [0.3, 0.4) is 0 Å². The highest BCUT2D eigenvalue weighted by Gasteiger charge is 2.28. The molecule has 1 saturated heterocycles. The summed E-state index contributed by atoms with van der Waals surface area (Å²) < 4.78 is 1.13. The van der Waals surface area contributed by atoms with Crippen LogP contribution in [0.4, 0.5) is 0 Å². The number of hydrogen-bond donors (Lipinski definition) is 1. The van der Waals surface area contributed by atoms with Gasteiger partial charge in [-0.3, -0.25) is 4.79 Å². The highest BCUT2D eigenvalue weighted by atomic mass is 32.1. The molecule has 1 aliphatic rings. The molecule has 2 aromatic carbocycles. The zero-order valence-corrected chi connectivity index (χ0v) is 15.1. The molecule has 0 saturated carbocycles. The number of hydrogen-bond acceptors (Lipinski definition) is 4. The lowest BCUT2D eigenvalue weighted by Gasteiger charge is -2.32. The third kappa shape index (κ3) is 2.65. The van der Waals surface area contributed by atoms with E-state index in [9.17, 15) is 10.1 Å². The Morgan fingerprint density at radius 3 is 2.77 bits per heavy atom. The number of amides is 1. The predicted molar refractivity (Wildman–Crippen MR) is 104 cm³/mol. The fourth-order valence-corrected chi connectivity index (χ4v) is 4.50. The maximum Gasteiger partial charge on any atom is 0.230 e. The molecule has 1 aliphatic heterocycles. The van der Waals surface area contributed by atoms with Gasteiger partial charge in [-0.15, -0.1) is 11.3 Å². The summed E-state index contributed by atoms with van der Waals surface area (Å²) in [6.45, 7) is 3.93. The van der Waals surface area contributed by atoms with Crippen molar-refractivity contribution in [1.82, 2.24) is 10.2 Å². The summed E-state index contributed by atoms with van der Waals surface area (Å²) in [5.74, 6) is 0.685. The van der Waals surface area contributed by atoms with Crippen molar-refractivity contribution >= 4 is 27.3 Å². The number of nitrogens with zero attached hydrogens (tertiary/aromatic N) is 2. The van der Waals surface area contributed by atoms with Gasteiger partial charge in [0.2, 0.25) is 5.91 Å². The Bertz CT molecular complexity index is 1060. The molecule has 1 atom stereocenters. The van der Waals surface area contributed by atoms with Gasteiger partial charge in [-0.1, -0.05) is 43.0 Å². The Kier molecular flexibility index (Phi) is 3.98. The van der Waals surface area contributed by atoms with Gasteiger partial charge in [0.1, 0.15) is 5.82 Å². The lowest BCUT2D eigenvalue weighted by Crippen LogP contribution is -2.42. The van der Waals surface area contributed by atoms with Crippen molar-refractivity contribution in [2.24, 2.45) is 0 Å². The largest absolute Gasteiger partial charge is 0.364 e. The first kappa shape index (κ1) is 16.4. The van der Waals surface area contributed by atoms with Crippen LogP contribution in [0, 0.1) is 11.3 Å². The molecule has 4 rings (SSSR count). The zero-order chi connectivity index (χ0) is 18.3. The monoisotopic (exact) mass is 359 g/mol. The van der Waals surface area contributed by atoms with E-state index in [0.29, 0.717) is 17.8 Å². The quantitative estimate of drug-likeness (QED) is 0.738. The first-order valence-corrected chi connectivity index (χ1v) is 9.14. The summed E-state index contributed by atoms with van der Waals surface area (Å²) in [6.07, 6.45) is 0.409. The molecular weight excluding hydrogens is 342 g/mol. The number of nitrogens with one attached hydrogen (secondary N) is 1. The molecule has 128 valence electrons. The van der Waals surface area contributed by atoms with Crippen molar-refractivity contribution < 1.29 is 4.79 Å². The van der Waals surface area contributed by atoms with Crippen LogP contribution in [0.15, 0.2) is 60.9 Å². The Balaban J connectivity index is 1.81. The van der Waals surface area contributed by atoms with E-state index in [1.165, 1.54) is 0 Å². The van der Waals surface area contributed by atoms with E-state index in [-0.39, 0.29) is 11.9 Å². The van der Waals surface area contributed by atoms with Gasteiger partial charge in [0.15, 0.2) is 0 Å². The maximum absolute atomic E-state index is 12.2. The van der Waals surface area contributed by atoms with Crippen LogP contribution in [0.5, 0.6) is 0 Å². The predicted octanol–water partition coefficient (Wildman–Crippen LogP) is 4.40. The molecule has 0 radical (unpaired) electrons. The van der Waals surface area contributed by atoms with E-state index in [4.69, 9.17) is 0 Å². The number of thiophene rings is 1. The minimum atomic E-state index is -0.0670. The number of rotatable bonds is 2. The van der Waals surface area contributed by atoms with Gasteiger partial charge >= 0.3 is 0 Å². The second-order valence-electron chi connectivity index (χ2n) is 6.33. The second-order valence-corrected chi connectivity index (χ2v) is 7.41. The average molecular weight is 359 g/mol. The van der Waals surface area contributed by atoms with Crippen LogP contribution >= 0.6 is 11.3 Å². The number of nitriles is 1. The molecule has 1 unspecified atom stereocenters. The number of carbonyl (C=O) groups is 1. The topological polar surface area (TPSA) is 56.1 Å². The van der Waals surface area contributed by atoms with Gasteiger partial charge in [0, 0.05) is 27.8 Å². The van der Waals surface area contributed by atoms with Crippen LogP contribution < -0.4 is 5.32 Å². The van der Waals surface area contributed by atoms with Gasteiger partial charge in [0.25, 0.3) is 0 Å². The van der Waals surface area contributed by atoms with Crippen molar-refractivity contribution in [3.63, 3.8) is 0 Å². The van der Waals surface area contributed by atoms with Crippen LogP contribution in [0.25, 0.3) is 21.2 Å². The summed E-state index contributed by atoms with van der Waals surface area (Å²) in [6, 6.07) is 18.1. The molecule has 1 N–H and O–H groups in total. The van der Waals surface area contributed by atoms with Crippen LogP contribution in [-0.2, 0) is 4.79 Å².